The van der Waals surface area contributed by atoms with Gasteiger partial charge >= 0.3 is 0 Å². The third-order valence-electron chi connectivity index (χ3n) is 4.71. The lowest BCUT2D eigenvalue weighted by Gasteiger charge is -2.18. The van der Waals surface area contributed by atoms with Crippen LogP contribution in [0.2, 0.25) is 0 Å². The zero-order valence-corrected chi connectivity index (χ0v) is 14.9. The minimum absolute atomic E-state index is 0.141. The van der Waals surface area contributed by atoms with Gasteiger partial charge in [0.1, 0.15) is 17.0 Å². The van der Waals surface area contributed by atoms with Gasteiger partial charge in [-0.15, -0.1) is 0 Å². The molecule has 0 bridgehead atoms. The Kier molecular flexibility index (Phi) is 4.52. The predicted molar refractivity (Wildman–Crippen MR) is 95.9 cm³/mol. The van der Waals surface area contributed by atoms with Gasteiger partial charge in [0.05, 0.1) is 5.69 Å². The lowest BCUT2D eigenvalue weighted by atomic mass is 10.0. The van der Waals surface area contributed by atoms with E-state index in [2.05, 4.69) is 10.6 Å². The number of carbonyl (C=O) groups excluding carboxylic acids is 2. The van der Waals surface area contributed by atoms with E-state index in [-0.39, 0.29) is 5.69 Å². The molecule has 6 heteroatoms. The number of hydrogen-bond acceptors (Lipinski definition) is 2. The number of benzene rings is 2. The van der Waals surface area contributed by atoms with E-state index in [1.807, 2.05) is 32.9 Å². The van der Waals surface area contributed by atoms with Gasteiger partial charge in [-0.2, -0.15) is 0 Å². The second-order valence-electron chi connectivity index (χ2n) is 6.89. The van der Waals surface area contributed by atoms with Gasteiger partial charge in [-0.3, -0.25) is 9.59 Å². The van der Waals surface area contributed by atoms with Gasteiger partial charge in [-0.05, 0) is 56.9 Å². The Balaban J connectivity index is 1.78. The van der Waals surface area contributed by atoms with Crippen molar-refractivity contribution in [2.45, 2.75) is 33.6 Å². The van der Waals surface area contributed by atoms with Gasteiger partial charge in [0.2, 0.25) is 11.8 Å². The Hall–Kier alpha value is -2.76. The molecule has 0 aromatic heterocycles. The highest BCUT2D eigenvalue weighted by Gasteiger charge is 2.56. The monoisotopic (exact) mass is 358 g/mol. The molecular weight excluding hydrogens is 338 g/mol. The van der Waals surface area contributed by atoms with E-state index in [9.17, 15) is 18.4 Å². The van der Waals surface area contributed by atoms with Gasteiger partial charge in [-0.1, -0.05) is 17.7 Å². The smallest absolute Gasteiger partial charge is 0.240 e. The number of rotatable bonds is 4. The maximum Gasteiger partial charge on any atom is 0.240 e. The molecule has 2 amide bonds. The Morgan fingerprint density at radius 1 is 0.923 bits per heavy atom. The van der Waals surface area contributed by atoms with Crippen molar-refractivity contribution in [2.24, 2.45) is 5.41 Å². The summed E-state index contributed by atoms with van der Waals surface area (Å²) in [4.78, 5) is 25.3. The highest BCUT2D eigenvalue weighted by atomic mass is 19.1. The third-order valence-corrected chi connectivity index (χ3v) is 4.71. The van der Waals surface area contributed by atoms with Crippen molar-refractivity contribution in [1.82, 2.24) is 0 Å². The Morgan fingerprint density at radius 2 is 1.50 bits per heavy atom. The van der Waals surface area contributed by atoms with Crippen LogP contribution >= 0.6 is 0 Å². The van der Waals surface area contributed by atoms with Gasteiger partial charge in [-0.25, -0.2) is 8.78 Å². The van der Waals surface area contributed by atoms with Crippen LogP contribution in [0.4, 0.5) is 20.2 Å². The predicted octanol–water partition coefficient (Wildman–Crippen LogP) is 4.25. The number of anilines is 2. The molecule has 1 aliphatic rings. The SMILES string of the molecule is Cc1cc(C)c(NC(=O)C2(C(=O)Nc3ccc(F)cc3F)CC2)c(C)c1. The molecule has 2 aromatic carbocycles. The third kappa shape index (κ3) is 3.31. The molecular formula is C20H20F2N2O2. The lowest BCUT2D eigenvalue weighted by Crippen LogP contribution is -2.36. The van der Waals surface area contributed by atoms with E-state index in [4.69, 9.17) is 0 Å². The molecule has 26 heavy (non-hydrogen) atoms. The lowest BCUT2D eigenvalue weighted by molar-refractivity contribution is -0.131. The number of nitrogens with one attached hydrogen (secondary N) is 2. The van der Waals surface area contributed by atoms with Gasteiger partial charge in [0, 0.05) is 11.8 Å². The van der Waals surface area contributed by atoms with Crippen LogP contribution in [0.3, 0.4) is 0 Å². The zero-order valence-electron chi connectivity index (χ0n) is 14.9. The molecule has 0 saturated heterocycles. The topological polar surface area (TPSA) is 58.2 Å². The molecule has 1 aliphatic carbocycles. The van der Waals surface area contributed by atoms with Crippen LogP contribution < -0.4 is 10.6 Å². The minimum Gasteiger partial charge on any atom is -0.325 e. The Labute approximate surface area is 150 Å². The first-order chi connectivity index (χ1) is 12.2. The van der Waals surface area contributed by atoms with Crippen LogP contribution in [0.25, 0.3) is 0 Å². The molecule has 136 valence electrons. The molecule has 1 saturated carbocycles. The first-order valence-electron chi connectivity index (χ1n) is 8.39. The van der Waals surface area contributed by atoms with E-state index >= 15 is 0 Å². The number of amides is 2. The Morgan fingerprint density at radius 3 is 2.04 bits per heavy atom. The summed E-state index contributed by atoms with van der Waals surface area (Å²) >= 11 is 0. The molecule has 0 radical (unpaired) electrons. The summed E-state index contributed by atoms with van der Waals surface area (Å²) in [6.07, 6.45) is 0.773. The number of carbonyl (C=O) groups is 2. The highest BCUT2D eigenvalue weighted by molar-refractivity contribution is 6.17. The summed E-state index contributed by atoms with van der Waals surface area (Å²) in [7, 11) is 0. The fourth-order valence-electron chi connectivity index (χ4n) is 3.13. The van der Waals surface area contributed by atoms with Crippen molar-refractivity contribution >= 4 is 23.2 Å². The van der Waals surface area contributed by atoms with Gasteiger partial charge < -0.3 is 10.6 Å². The molecule has 3 rings (SSSR count). The summed E-state index contributed by atoms with van der Waals surface area (Å²) < 4.78 is 26.7. The van der Waals surface area contributed by atoms with E-state index in [1.54, 1.807) is 0 Å². The van der Waals surface area contributed by atoms with E-state index < -0.39 is 28.9 Å². The maximum atomic E-state index is 13.8. The van der Waals surface area contributed by atoms with Crippen LogP contribution in [0.5, 0.6) is 0 Å². The quantitative estimate of drug-likeness (QED) is 0.803. The van der Waals surface area contributed by atoms with Crippen LogP contribution in [0, 0.1) is 37.8 Å². The average Bonchev–Trinajstić information content (AvgIpc) is 3.35. The van der Waals surface area contributed by atoms with Crippen molar-refractivity contribution in [1.29, 1.82) is 0 Å². The van der Waals surface area contributed by atoms with Gasteiger partial charge in [0.15, 0.2) is 0 Å². The fourth-order valence-corrected chi connectivity index (χ4v) is 3.13. The molecule has 0 unspecified atom stereocenters. The molecule has 0 aliphatic heterocycles. The van der Waals surface area contributed by atoms with Crippen LogP contribution in [0.1, 0.15) is 29.5 Å². The number of halogens is 2. The average molecular weight is 358 g/mol. The van der Waals surface area contributed by atoms with Crippen molar-refractivity contribution in [2.75, 3.05) is 10.6 Å². The normalized spacial score (nSPS) is 14.7. The van der Waals surface area contributed by atoms with E-state index in [0.29, 0.717) is 24.6 Å². The minimum atomic E-state index is -1.22. The molecule has 2 N–H and O–H groups in total. The summed E-state index contributed by atoms with van der Waals surface area (Å²) in [5.74, 6) is -2.60. The van der Waals surface area contributed by atoms with Gasteiger partial charge in [0.25, 0.3) is 0 Å². The molecule has 0 heterocycles. The van der Waals surface area contributed by atoms with Crippen molar-refractivity contribution in [3.8, 4) is 0 Å². The van der Waals surface area contributed by atoms with Crippen LogP contribution in [-0.4, -0.2) is 11.8 Å². The summed E-state index contributed by atoms with van der Waals surface area (Å²) in [6, 6.07) is 6.79. The molecule has 1 fully saturated rings. The molecule has 4 nitrogen and oxygen atoms in total. The first kappa shape index (κ1) is 18.0. The summed E-state index contributed by atoms with van der Waals surface area (Å²) in [5.41, 5.74) is 2.24. The molecule has 0 spiro atoms. The molecule has 2 aromatic rings. The first-order valence-corrected chi connectivity index (χ1v) is 8.39. The zero-order chi connectivity index (χ0) is 19.1. The second-order valence-corrected chi connectivity index (χ2v) is 6.89. The summed E-state index contributed by atoms with van der Waals surface area (Å²) in [5, 5.41) is 5.25. The van der Waals surface area contributed by atoms with Crippen molar-refractivity contribution in [3.05, 3.63) is 58.7 Å². The van der Waals surface area contributed by atoms with Crippen molar-refractivity contribution < 1.29 is 18.4 Å². The van der Waals surface area contributed by atoms with Crippen LogP contribution in [0.15, 0.2) is 30.3 Å². The van der Waals surface area contributed by atoms with E-state index in [0.717, 1.165) is 28.8 Å². The second kappa shape index (κ2) is 6.52. The largest absolute Gasteiger partial charge is 0.325 e. The van der Waals surface area contributed by atoms with E-state index in [1.165, 1.54) is 0 Å². The number of aryl methyl sites for hydroxylation is 3. The van der Waals surface area contributed by atoms with Crippen LogP contribution in [-0.2, 0) is 9.59 Å². The standard InChI is InChI=1S/C20H20F2N2O2/c1-11-8-12(2)17(13(3)9-11)24-19(26)20(6-7-20)18(25)23-16-5-4-14(21)10-15(16)22/h4-5,8-10H,6-7H2,1-3H3,(H,23,25)(H,24,26). The van der Waals surface area contributed by atoms with Crippen molar-refractivity contribution in [3.63, 3.8) is 0 Å². The Bertz CT molecular complexity index is 882. The molecule has 0 atom stereocenters. The summed E-state index contributed by atoms with van der Waals surface area (Å²) in [6.45, 7) is 5.75. The highest BCUT2D eigenvalue weighted by Crippen LogP contribution is 2.48. The fraction of sp³-hybridized carbons (Fsp3) is 0.300. The number of hydrogen-bond donors (Lipinski definition) is 2. The maximum absolute atomic E-state index is 13.8.